The molecular formula is C113H166O15. The average molecular weight is 1760 g/mol. The molecule has 0 aliphatic carbocycles. The van der Waals surface area contributed by atoms with Gasteiger partial charge in [0, 0.05) is 82.6 Å². The lowest BCUT2D eigenvalue weighted by molar-refractivity contribution is 0.146. The van der Waals surface area contributed by atoms with Crippen LogP contribution in [-0.2, 0) is 65.6 Å². The molecule has 0 spiro atoms. The summed E-state index contributed by atoms with van der Waals surface area (Å²) in [4.78, 5) is 0. The van der Waals surface area contributed by atoms with Crippen molar-refractivity contribution in [3.8, 4) is 46.0 Å². The van der Waals surface area contributed by atoms with Gasteiger partial charge in [-0.3, -0.25) is 0 Å². The molecule has 0 saturated carbocycles. The first-order valence-corrected chi connectivity index (χ1v) is 46.4. The van der Waals surface area contributed by atoms with Gasteiger partial charge in [-0.25, -0.2) is 0 Å². The van der Waals surface area contributed by atoms with Crippen LogP contribution in [0.25, 0.3) is 0 Å². The van der Waals surface area contributed by atoms with Crippen LogP contribution in [0.2, 0.25) is 0 Å². The number of hydrogen-bond acceptors (Lipinski definition) is 15. The summed E-state index contributed by atoms with van der Waals surface area (Å²) < 4.78 is 78.1. The first-order valence-electron chi connectivity index (χ1n) is 46.4. The van der Waals surface area contributed by atoms with Crippen molar-refractivity contribution in [3.05, 3.63) is 309 Å². The third kappa shape index (κ3) is 67.6. The molecule has 0 aliphatic rings. The van der Waals surface area contributed by atoms with Crippen molar-refractivity contribution in [3.63, 3.8) is 0 Å². The monoisotopic (exact) mass is 1760 g/mol. The van der Waals surface area contributed by atoms with Crippen LogP contribution in [0.15, 0.2) is 243 Å². The molecule has 0 aromatic heterocycles. The molecular weight excluding hydrogens is 1600 g/mol. The zero-order valence-electron chi connectivity index (χ0n) is 82.6. The van der Waals surface area contributed by atoms with Crippen molar-refractivity contribution in [1.82, 2.24) is 0 Å². The topological polar surface area (TPSA) is 138 Å². The van der Waals surface area contributed by atoms with E-state index < -0.39 is 0 Å². The highest BCUT2D eigenvalue weighted by Gasteiger charge is 2.02. The van der Waals surface area contributed by atoms with Crippen LogP contribution in [-0.4, -0.2) is 137 Å². The molecule has 0 unspecified atom stereocenters. The van der Waals surface area contributed by atoms with Crippen molar-refractivity contribution >= 4 is 0 Å². The smallest absolute Gasteiger partial charge is 0.119 e. The molecule has 0 heterocycles. The summed E-state index contributed by atoms with van der Waals surface area (Å²) in [6.45, 7) is 33.2. The normalized spacial score (nSPS) is 10.0. The highest BCUT2D eigenvalue weighted by molar-refractivity contribution is 5.33. The summed E-state index contributed by atoms with van der Waals surface area (Å²) in [5.41, 5.74) is 15.5. The van der Waals surface area contributed by atoms with E-state index in [-0.39, 0.29) is 0 Å². The molecule has 128 heavy (non-hydrogen) atoms. The van der Waals surface area contributed by atoms with Gasteiger partial charge in [-0.1, -0.05) is 257 Å². The molecule has 708 valence electrons. The van der Waals surface area contributed by atoms with Gasteiger partial charge >= 0.3 is 0 Å². The summed E-state index contributed by atoms with van der Waals surface area (Å²) in [5.74, 6) is 7.59. The molecule has 0 radical (unpaired) electrons. The lowest BCUT2D eigenvalue weighted by Gasteiger charge is -2.06. The summed E-state index contributed by atoms with van der Waals surface area (Å²) in [7, 11) is 15.4. The fourth-order valence-corrected chi connectivity index (χ4v) is 11.6. The zero-order valence-corrected chi connectivity index (χ0v) is 82.6. The quantitative estimate of drug-likeness (QED) is 0.0334. The van der Waals surface area contributed by atoms with Crippen LogP contribution in [0.5, 0.6) is 46.0 Å². The molecule has 15 nitrogen and oxygen atoms in total. The van der Waals surface area contributed by atoms with Crippen LogP contribution in [0.3, 0.4) is 0 Å². The Bertz CT molecular complexity index is 3980. The minimum atomic E-state index is 0.611. The SMILES string of the molecule is CCCCCCOc1ccc(CCC)cc1.CCCc1ccc(COC)cc1.CCCc1ccc(OC)cc1.COCCCCCCOc1ccc(C)cc1.COCCCCCOc1ccc(C)cc1.COCCCCOc1ccc(C)cc1.COCCCOc1ccc(C)cc1.COCCOc1ccc(C)cc1.COCc1ccc(C)cc1.COc1ccc(C)cc1. The van der Waals surface area contributed by atoms with Crippen LogP contribution in [0.1, 0.15) is 204 Å². The molecule has 10 aromatic carbocycles. The van der Waals surface area contributed by atoms with Crippen LogP contribution in [0, 0.1) is 48.5 Å². The number of ether oxygens (including phenoxy) is 15. The highest BCUT2D eigenvalue weighted by Crippen LogP contribution is 2.20. The van der Waals surface area contributed by atoms with Gasteiger partial charge in [0.05, 0.1) is 67.1 Å². The molecule has 10 rings (SSSR count). The highest BCUT2D eigenvalue weighted by atomic mass is 16.5. The van der Waals surface area contributed by atoms with Gasteiger partial charge in [0.15, 0.2) is 0 Å². The second kappa shape index (κ2) is 83.0. The molecule has 0 bridgehead atoms. The van der Waals surface area contributed by atoms with Gasteiger partial charge in [-0.2, -0.15) is 0 Å². The van der Waals surface area contributed by atoms with E-state index in [4.69, 9.17) is 71.1 Å². The molecule has 0 saturated heterocycles. The lowest BCUT2D eigenvalue weighted by Crippen LogP contribution is -2.03. The molecule has 0 fully saturated rings. The summed E-state index contributed by atoms with van der Waals surface area (Å²) in [5, 5.41) is 0. The summed E-state index contributed by atoms with van der Waals surface area (Å²) >= 11 is 0. The van der Waals surface area contributed by atoms with E-state index in [0.717, 1.165) is 163 Å². The second-order valence-electron chi connectivity index (χ2n) is 31.1. The van der Waals surface area contributed by atoms with Crippen LogP contribution in [0.4, 0.5) is 0 Å². The Morgan fingerprint density at radius 1 is 0.156 bits per heavy atom. The molecule has 0 N–H and O–H groups in total. The van der Waals surface area contributed by atoms with Crippen molar-refractivity contribution in [2.45, 2.75) is 218 Å². The standard InChI is InChI=1S/C15H24O.C14H22O2.C13H20O2.C12H18O2.C11H16O2.C11H16O.C10H14O2.C10H14O.C9H12O.C8H10O/c1-3-5-6-7-13-16-15-11-9-14(8-4-2)10-12-15;1-13-7-9-14(10-8-13)16-12-6-4-3-5-11-15-2;1-12-6-8-13(9-7-12)15-11-5-3-4-10-14-2;1-11-5-7-12(8-6-11)14-10-4-3-9-13-2;1-10-4-6-11(7-5-10)13-9-3-8-12-2;1-3-4-10-5-7-11(8-6-10)9-12-2;1-9-3-5-10(6-4-9)12-8-7-11-2;1-3-4-9-5-7-10(11-2)8-6-9;1-8-3-5-9(6-4-8)7-10-2;1-7-3-5-8(9-2)6-4-7/h9-12H,3-8,13H2,1-2H3;7-10H,3-6,11-12H2,1-2H3;6-9H,3-5,10-11H2,1-2H3;5-8H,3-4,9-10H2,1-2H3;4-7H,3,8-9H2,1-2H3;5-8H,3-4,9H2,1-2H3;3-6H,7-8H2,1-2H3;5-8H,3-4H2,1-2H3;3-6H,7H2,1-2H3;3-6H,1-2H3. The molecule has 15 heteroatoms. The van der Waals surface area contributed by atoms with Crippen LogP contribution >= 0.6 is 0 Å². The first-order chi connectivity index (χ1) is 62.4. The number of aryl methyl sites for hydroxylation is 10. The number of methoxy groups -OCH3 is 9. The maximum absolute atomic E-state index is 5.69. The van der Waals surface area contributed by atoms with Gasteiger partial charge < -0.3 is 71.1 Å². The molecule has 0 atom stereocenters. The molecule has 0 aliphatic heterocycles. The van der Waals surface area contributed by atoms with E-state index in [1.54, 1.807) is 64.0 Å². The van der Waals surface area contributed by atoms with Crippen molar-refractivity contribution in [2.24, 2.45) is 0 Å². The van der Waals surface area contributed by atoms with Crippen molar-refractivity contribution in [2.75, 3.05) is 137 Å². The van der Waals surface area contributed by atoms with Crippen molar-refractivity contribution < 1.29 is 71.1 Å². The first kappa shape index (κ1) is 116. The zero-order chi connectivity index (χ0) is 93.8. The Balaban J connectivity index is 0.000000714. The largest absolute Gasteiger partial charge is 0.497 e. The Labute approximate surface area is 776 Å². The predicted molar refractivity (Wildman–Crippen MR) is 537 cm³/mol. The Morgan fingerprint density at radius 2 is 0.344 bits per heavy atom. The Morgan fingerprint density at radius 3 is 0.609 bits per heavy atom. The molecule has 10 aromatic rings. The summed E-state index contributed by atoms with van der Waals surface area (Å²) in [6, 6.07) is 82.3. The number of unbranched alkanes of at least 4 members (excludes halogenated alkanes) is 9. The van der Waals surface area contributed by atoms with Gasteiger partial charge in [0.1, 0.15) is 52.6 Å². The number of rotatable bonds is 48. The van der Waals surface area contributed by atoms with Gasteiger partial charge in [-0.15, -0.1) is 0 Å². The van der Waals surface area contributed by atoms with E-state index in [1.807, 2.05) is 121 Å². The summed E-state index contributed by atoms with van der Waals surface area (Å²) in [6.07, 6.45) is 23.3. The molecule has 0 amide bonds. The van der Waals surface area contributed by atoms with Gasteiger partial charge in [-0.05, 0) is 250 Å². The number of benzene rings is 10. The van der Waals surface area contributed by atoms with Gasteiger partial charge in [0.25, 0.3) is 0 Å². The second-order valence-corrected chi connectivity index (χ2v) is 31.1. The van der Waals surface area contributed by atoms with E-state index in [9.17, 15) is 0 Å². The van der Waals surface area contributed by atoms with Crippen LogP contribution < -0.4 is 37.9 Å². The third-order valence-electron chi connectivity index (χ3n) is 19.2. The van der Waals surface area contributed by atoms with Gasteiger partial charge in [0.2, 0.25) is 0 Å². The lowest BCUT2D eigenvalue weighted by atomic mass is 10.1. The third-order valence-corrected chi connectivity index (χ3v) is 19.2. The fraction of sp³-hybridized carbons (Fsp3) is 0.469. The maximum atomic E-state index is 5.69. The Hall–Kier alpha value is -9.68. The minimum absolute atomic E-state index is 0.611. The van der Waals surface area contributed by atoms with E-state index in [2.05, 4.69) is 197 Å². The average Bonchev–Trinajstić information content (AvgIpc) is 0.941. The minimum Gasteiger partial charge on any atom is -0.497 e. The Kier molecular flexibility index (Phi) is 75.4. The predicted octanol–water partition coefficient (Wildman–Crippen LogP) is 28.2. The maximum Gasteiger partial charge on any atom is 0.119 e. The fourth-order valence-electron chi connectivity index (χ4n) is 11.6. The number of hydrogen-bond donors (Lipinski definition) is 0. The van der Waals surface area contributed by atoms with Crippen molar-refractivity contribution in [1.29, 1.82) is 0 Å². The van der Waals surface area contributed by atoms with E-state index in [0.29, 0.717) is 26.4 Å². The van der Waals surface area contributed by atoms with E-state index >= 15 is 0 Å². The van der Waals surface area contributed by atoms with E-state index in [1.165, 1.54) is 137 Å².